The predicted octanol–water partition coefficient (Wildman–Crippen LogP) is 1.80. The van der Waals surface area contributed by atoms with Crippen molar-refractivity contribution in [2.75, 3.05) is 18.4 Å². The SMILES string of the molecule is CC(=O)Nc1ccc(CN2CC(C(C)C(=O)O)C2)cc1. The molecule has 0 aromatic heterocycles. The molecule has 1 aromatic rings. The van der Waals surface area contributed by atoms with Crippen LogP contribution in [0.25, 0.3) is 0 Å². The zero-order valence-electron chi connectivity index (χ0n) is 11.8. The number of carbonyl (C=O) groups excluding carboxylic acids is 1. The lowest BCUT2D eigenvalue weighted by Gasteiger charge is -2.41. The molecule has 5 nitrogen and oxygen atoms in total. The highest BCUT2D eigenvalue weighted by molar-refractivity contribution is 5.88. The zero-order chi connectivity index (χ0) is 14.7. The molecule has 0 aliphatic carbocycles. The Morgan fingerprint density at radius 1 is 1.35 bits per heavy atom. The summed E-state index contributed by atoms with van der Waals surface area (Å²) >= 11 is 0. The highest BCUT2D eigenvalue weighted by atomic mass is 16.4. The maximum Gasteiger partial charge on any atom is 0.306 e. The maximum absolute atomic E-state index is 10.9. The topological polar surface area (TPSA) is 69.6 Å². The van der Waals surface area contributed by atoms with Gasteiger partial charge >= 0.3 is 5.97 Å². The van der Waals surface area contributed by atoms with E-state index < -0.39 is 5.97 Å². The lowest BCUT2D eigenvalue weighted by atomic mass is 9.87. The van der Waals surface area contributed by atoms with Crippen LogP contribution in [0.15, 0.2) is 24.3 Å². The fourth-order valence-electron chi connectivity index (χ4n) is 2.41. The maximum atomic E-state index is 10.9. The molecule has 108 valence electrons. The van der Waals surface area contributed by atoms with Crippen molar-refractivity contribution in [1.82, 2.24) is 4.90 Å². The predicted molar refractivity (Wildman–Crippen MR) is 76.3 cm³/mol. The Morgan fingerprint density at radius 3 is 2.45 bits per heavy atom. The molecule has 1 heterocycles. The van der Waals surface area contributed by atoms with Crippen molar-refractivity contribution in [1.29, 1.82) is 0 Å². The lowest BCUT2D eigenvalue weighted by molar-refractivity contribution is -0.145. The number of benzene rings is 1. The van der Waals surface area contributed by atoms with E-state index in [1.807, 2.05) is 24.3 Å². The van der Waals surface area contributed by atoms with Gasteiger partial charge in [0.2, 0.25) is 5.91 Å². The van der Waals surface area contributed by atoms with Crippen molar-refractivity contribution in [3.63, 3.8) is 0 Å². The average Bonchev–Trinajstić information content (AvgIpc) is 2.33. The Balaban J connectivity index is 1.81. The van der Waals surface area contributed by atoms with Crippen LogP contribution in [0.1, 0.15) is 19.4 Å². The summed E-state index contributed by atoms with van der Waals surface area (Å²) in [7, 11) is 0. The summed E-state index contributed by atoms with van der Waals surface area (Å²) in [6.07, 6.45) is 0. The Labute approximate surface area is 118 Å². The smallest absolute Gasteiger partial charge is 0.306 e. The van der Waals surface area contributed by atoms with Gasteiger partial charge in [-0.2, -0.15) is 0 Å². The molecular formula is C15H20N2O3. The number of hydrogen-bond acceptors (Lipinski definition) is 3. The molecule has 1 aromatic carbocycles. The average molecular weight is 276 g/mol. The first kappa shape index (κ1) is 14.5. The quantitative estimate of drug-likeness (QED) is 0.860. The number of carbonyl (C=O) groups is 2. The summed E-state index contributed by atoms with van der Waals surface area (Å²) in [4.78, 5) is 24.0. The van der Waals surface area contributed by atoms with Crippen LogP contribution in [-0.4, -0.2) is 35.0 Å². The normalized spacial score (nSPS) is 17.3. The number of amides is 1. The standard InChI is InChI=1S/C15H20N2O3/c1-10(15(19)20)13-8-17(9-13)7-12-3-5-14(6-4-12)16-11(2)18/h3-6,10,13H,7-9H2,1-2H3,(H,16,18)(H,19,20). The first-order chi connectivity index (χ1) is 9.45. The van der Waals surface area contributed by atoms with Crippen LogP contribution in [-0.2, 0) is 16.1 Å². The third-order valence-corrected chi connectivity index (χ3v) is 3.76. The molecule has 1 atom stereocenters. The third-order valence-electron chi connectivity index (χ3n) is 3.76. The molecule has 5 heteroatoms. The Hall–Kier alpha value is -1.88. The molecule has 1 fully saturated rings. The van der Waals surface area contributed by atoms with E-state index in [1.165, 1.54) is 12.5 Å². The molecule has 1 saturated heterocycles. The van der Waals surface area contributed by atoms with Crippen molar-refractivity contribution in [2.45, 2.75) is 20.4 Å². The summed E-state index contributed by atoms with van der Waals surface area (Å²) in [5.41, 5.74) is 1.96. The minimum atomic E-state index is -0.714. The van der Waals surface area contributed by atoms with Crippen LogP contribution in [0.4, 0.5) is 5.69 Å². The van der Waals surface area contributed by atoms with Gasteiger partial charge in [0.05, 0.1) is 5.92 Å². The monoisotopic (exact) mass is 276 g/mol. The van der Waals surface area contributed by atoms with E-state index in [1.54, 1.807) is 6.92 Å². The van der Waals surface area contributed by atoms with Crippen molar-refractivity contribution in [3.05, 3.63) is 29.8 Å². The second-order valence-corrected chi connectivity index (χ2v) is 5.46. The number of anilines is 1. The van der Waals surface area contributed by atoms with Gasteiger partial charge in [0, 0.05) is 32.2 Å². The van der Waals surface area contributed by atoms with Gasteiger partial charge < -0.3 is 10.4 Å². The van der Waals surface area contributed by atoms with Crippen LogP contribution >= 0.6 is 0 Å². The first-order valence-corrected chi connectivity index (χ1v) is 6.77. The molecule has 1 aliphatic heterocycles. The largest absolute Gasteiger partial charge is 0.481 e. The number of nitrogens with one attached hydrogen (secondary N) is 1. The number of hydrogen-bond donors (Lipinski definition) is 2. The Morgan fingerprint density at radius 2 is 1.95 bits per heavy atom. The zero-order valence-corrected chi connectivity index (χ0v) is 11.8. The van der Waals surface area contributed by atoms with Gasteiger partial charge in [0.25, 0.3) is 0 Å². The number of carboxylic acid groups (broad SMARTS) is 1. The van der Waals surface area contributed by atoms with Crippen LogP contribution in [0, 0.1) is 11.8 Å². The van der Waals surface area contributed by atoms with Crippen LogP contribution in [0.5, 0.6) is 0 Å². The molecule has 0 saturated carbocycles. The second-order valence-electron chi connectivity index (χ2n) is 5.46. The van der Waals surface area contributed by atoms with E-state index in [4.69, 9.17) is 5.11 Å². The van der Waals surface area contributed by atoms with E-state index in [0.717, 1.165) is 25.3 Å². The Kier molecular flexibility index (Phi) is 4.39. The fraction of sp³-hybridized carbons (Fsp3) is 0.467. The highest BCUT2D eigenvalue weighted by Gasteiger charge is 2.34. The minimum Gasteiger partial charge on any atom is -0.481 e. The summed E-state index contributed by atoms with van der Waals surface area (Å²) in [5.74, 6) is -0.806. The highest BCUT2D eigenvalue weighted by Crippen LogP contribution is 2.25. The number of rotatable bonds is 5. The molecule has 0 radical (unpaired) electrons. The van der Waals surface area contributed by atoms with E-state index in [2.05, 4.69) is 10.2 Å². The molecule has 2 rings (SSSR count). The lowest BCUT2D eigenvalue weighted by Crippen LogP contribution is -2.50. The third kappa shape index (κ3) is 3.57. The van der Waals surface area contributed by atoms with Crippen LogP contribution in [0.3, 0.4) is 0 Å². The van der Waals surface area contributed by atoms with Crippen molar-refractivity contribution < 1.29 is 14.7 Å². The van der Waals surface area contributed by atoms with E-state index in [9.17, 15) is 9.59 Å². The number of nitrogens with zero attached hydrogens (tertiary/aromatic N) is 1. The molecule has 1 amide bonds. The van der Waals surface area contributed by atoms with Gasteiger partial charge in [0.1, 0.15) is 0 Å². The molecule has 1 aliphatic rings. The molecule has 0 bridgehead atoms. The van der Waals surface area contributed by atoms with E-state index in [0.29, 0.717) is 0 Å². The molecule has 2 N–H and O–H groups in total. The number of likely N-dealkylation sites (tertiary alicyclic amines) is 1. The second kappa shape index (κ2) is 6.05. The van der Waals surface area contributed by atoms with Crippen molar-refractivity contribution >= 4 is 17.6 Å². The van der Waals surface area contributed by atoms with Crippen molar-refractivity contribution in [2.24, 2.45) is 11.8 Å². The van der Waals surface area contributed by atoms with Crippen LogP contribution in [0.2, 0.25) is 0 Å². The van der Waals surface area contributed by atoms with Crippen molar-refractivity contribution in [3.8, 4) is 0 Å². The van der Waals surface area contributed by atoms with Gasteiger partial charge in [-0.15, -0.1) is 0 Å². The van der Waals surface area contributed by atoms with E-state index >= 15 is 0 Å². The Bertz CT molecular complexity index is 492. The number of aliphatic carboxylic acids is 1. The van der Waals surface area contributed by atoms with Gasteiger partial charge in [-0.1, -0.05) is 19.1 Å². The summed E-state index contributed by atoms with van der Waals surface area (Å²) in [6, 6.07) is 7.74. The summed E-state index contributed by atoms with van der Waals surface area (Å²) < 4.78 is 0. The van der Waals surface area contributed by atoms with Gasteiger partial charge in [-0.05, 0) is 23.6 Å². The fourth-order valence-corrected chi connectivity index (χ4v) is 2.41. The molecule has 1 unspecified atom stereocenters. The summed E-state index contributed by atoms with van der Waals surface area (Å²) in [6.45, 7) is 5.75. The van der Waals surface area contributed by atoms with E-state index in [-0.39, 0.29) is 17.7 Å². The molecule has 20 heavy (non-hydrogen) atoms. The van der Waals surface area contributed by atoms with Gasteiger partial charge in [0.15, 0.2) is 0 Å². The first-order valence-electron chi connectivity index (χ1n) is 6.77. The summed E-state index contributed by atoms with van der Waals surface area (Å²) in [5, 5.41) is 11.7. The van der Waals surface area contributed by atoms with Gasteiger partial charge in [-0.3, -0.25) is 14.5 Å². The number of carboxylic acids is 1. The molecular weight excluding hydrogens is 256 g/mol. The molecule has 0 spiro atoms. The minimum absolute atomic E-state index is 0.0778. The van der Waals surface area contributed by atoms with Crippen LogP contribution < -0.4 is 5.32 Å². The van der Waals surface area contributed by atoms with Gasteiger partial charge in [-0.25, -0.2) is 0 Å².